The molecule has 1 aliphatic rings. The van der Waals surface area contributed by atoms with Crippen molar-refractivity contribution in [3.8, 4) is 11.1 Å². The van der Waals surface area contributed by atoms with Crippen LogP contribution < -0.4 is 0 Å². The van der Waals surface area contributed by atoms with Crippen LogP contribution in [0.15, 0.2) is 48.5 Å². The molecule has 0 saturated carbocycles. The van der Waals surface area contributed by atoms with Crippen molar-refractivity contribution in [3.63, 3.8) is 0 Å². The minimum absolute atomic E-state index is 0.150. The number of likely N-dealkylation sites (tertiary alicyclic amines) is 1. The van der Waals surface area contributed by atoms with Crippen molar-refractivity contribution in [1.82, 2.24) is 4.90 Å². The van der Waals surface area contributed by atoms with Gasteiger partial charge in [-0.05, 0) is 28.8 Å². The lowest BCUT2D eigenvalue weighted by Crippen LogP contribution is -2.21. The average Bonchev–Trinajstić information content (AvgIpc) is 2.98. The Balaban J connectivity index is 1.65. The summed E-state index contributed by atoms with van der Waals surface area (Å²) < 4.78 is 0. The zero-order valence-electron chi connectivity index (χ0n) is 13.0. The first-order valence-corrected chi connectivity index (χ1v) is 8.36. The van der Waals surface area contributed by atoms with Crippen LogP contribution in [0.3, 0.4) is 0 Å². The number of hydrogen-bond acceptors (Lipinski definition) is 3. The molecule has 2 aromatic carbocycles. The Morgan fingerprint density at radius 2 is 1.30 bits per heavy atom. The first-order valence-electron chi connectivity index (χ1n) is 7.98. The van der Waals surface area contributed by atoms with Crippen LogP contribution in [0.25, 0.3) is 11.1 Å². The van der Waals surface area contributed by atoms with Gasteiger partial charge in [0.2, 0.25) is 0 Å². The molecule has 4 heteroatoms. The van der Waals surface area contributed by atoms with Crippen LogP contribution in [-0.4, -0.2) is 41.4 Å². The van der Waals surface area contributed by atoms with Gasteiger partial charge < -0.3 is 10.2 Å². The van der Waals surface area contributed by atoms with Crippen LogP contribution in [0.1, 0.15) is 5.56 Å². The molecule has 2 N–H and O–H groups in total. The molecular formula is C19H22ClNO2. The highest BCUT2D eigenvalue weighted by molar-refractivity contribution is 6.30. The molecule has 0 amide bonds. The van der Waals surface area contributed by atoms with Crippen LogP contribution in [0.2, 0.25) is 5.02 Å². The van der Waals surface area contributed by atoms with Gasteiger partial charge in [0.15, 0.2) is 0 Å². The fourth-order valence-corrected chi connectivity index (χ4v) is 3.41. The Hall–Kier alpha value is -1.39. The second-order valence-electron chi connectivity index (χ2n) is 6.28. The minimum Gasteiger partial charge on any atom is -0.396 e. The van der Waals surface area contributed by atoms with E-state index >= 15 is 0 Å². The largest absolute Gasteiger partial charge is 0.396 e. The number of halogens is 1. The summed E-state index contributed by atoms with van der Waals surface area (Å²) in [6, 6.07) is 16.4. The highest BCUT2D eigenvalue weighted by atomic mass is 35.5. The molecular weight excluding hydrogens is 310 g/mol. The quantitative estimate of drug-likeness (QED) is 0.885. The zero-order chi connectivity index (χ0) is 16.2. The molecule has 3 nitrogen and oxygen atoms in total. The molecule has 23 heavy (non-hydrogen) atoms. The van der Waals surface area contributed by atoms with Gasteiger partial charge in [0.25, 0.3) is 0 Å². The van der Waals surface area contributed by atoms with Gasteiger partial charge >= 0.3 is 0 Å². The second kappa shape index (κ2) is 7.45. The lowest BCUT2D eigenvalue weighted by Gasteiger charge is -2.16. The first kappa shape index (κ1) is 16.5. The molecule has 122 valence electrons. The number of nitrogens with zero attached hydrogens (tertiary/aromatic N) is 1. The first-order chi connectivity index (χ1) is 11.2. The van der Waals surface area contributed by atoms with E-state index in [0.717, 1.165) is 30.2 Å². The van der Waals surface area contributed by atoms with Crippen LogP contribution in [0.4, 0.5) is 0 Å². The molecule has 0 aliphatic carbocycles. The van der Waals surface area contributed by atoms with E-state index in [4.69, 9.17) is 11.6 Å². The third-order valence-electron chi connectivity index (χ3n) is 4.66. The standard InChI is InChI=1S/C19H22ClNO2/c20-19-7-5-16(6-8-19)15-3-1-14(2-4-15)9-21-10-17(12-22)18(11-21)13-23/h1-8,17-18,22-23H,9-13H2/t17-,18-/m0/s1. The summed E-state index contributed by atoms with van der Waals surface area (Å²) >= 11 is 5.93. The average molecular weight is 332 g/mol. The minimum atomic E-state index is 0.150. The molecule has 1 fully saturated rings. The van der Waals surface area contributed by atoms with Gasteiger partial charge in [0.05, 0.1) is 0 Å². The summed E-state index contributed by atoms with van der Waals surface area (Å²) in [4.78, 5) is 2.30. The summed E-state index contributed by atoms with van der Waals surface area (Å²) in [7, 11) is 0. The van der Waals surface area contributed by atoms with Gasteiger partial charge in [-0.2, -0.15) is 0 Å². The molecule has 2 atom stereocenters. The monoisotopic (exact) mass is 331 g/mol. The molecule has 0 bridgehead atoms. The Labute approximate surface area is 142 Å². The van der Waals surface area contributed by atoms with Gasteiger partial charge in [-0.15, -0.1) is 0 Å². The number of rotatable bonds is 5. The molecule has 1 saturated heterocycles. The predicted octanol–water partition coefficient (Wildman–Crippen LogP) is 3.04. The van der Waals surface area contributed by atoms with Gasteiger partial charge in [-0.25, -0.2) is 0 Å². The van der Waals surface area contributed by atoms with E-state index in [2.05, 4.69) is 29.2 Å². The number of aliphatic hydroxyl groups excluding tert-OH is 2. The van der Waals surface area contributed by atoms with E-state index < -0.39 is 0 Å². The Kier molecular flexibility index (Phi) is 5.34. The van der Waals surface area contributed by atoms with E-state index in [0.29, 0.717) is 0 Å². The number of benzene rings is 2. The van der Waals surface area contributed by atoms with Crippen molar-refractivity contribution in [2.75, 3.05) is 26.3 Å². The fourth-order valence-electron chi connectivity index (χ4n) is 3.28. The van der Waals surface area contributed by atoms with Crippen molar-refractivity contribution in [2.45, 2.75) is 6.54 Å². The van der Waals surface area contributed by atoms with Gasteiger partial charge in [-0.1, -0.05) is 48.0 Å². The van der Waals surface area contributed by atoms with E-state index in [1.807, 2.05) is 24.3 Å². The van der Waals surface area contributed by atoms with Gasteiger partial charge in [0.1, 0.15) is 0 Å². The van der Waals surface area contributed by atoms with Crippen LogP contribution in [-0.2, 0) is 6.54 Å². The smallest absolute Gasteiger partial charge is 0.0475 e. The Morgan fingerprint density at radius 3 is 1.78 bits per heavy atom. The van der Waals surface area contributed by atoms with E-state index in [1.165, 1.54) is 11.1 Å². The SMILES string of the molecule is OC[C@@H]1CN(Cc2ccc(-c3ccc(Cl)cc3)cc2)C[C@H]1CO. The maximum absolute atomic E-state index is 9.39. The topological polar surface area (TPSA) is 43.7 Å². The van der Waals surface area contributed by atoms with Gasteiger partial charge in [0, 0.05) is 49.7 Å². The molecule has 0 radical (unpaired) electrons. The van der Waals surface area contributed by atoms with Crippen molar-refractivity contribution >= 4 is 11.6 Å². The maximum Gasteiger partial charge on any atom is 0.0475 e. The summed E-state index contributed by atoms with van der Waals surface area (Å²) in [5.74, 6) is 0.377. The molecule has 0 spiro atoms. The van der Waals surface area contributed by atoms with Crippen molar-refractivity contribution in [1.29, 1.82) is 0 Å². The third-order valence-corrected chi connectivity index (χ3v) is 4.91. The molecule has 2 aromatic rings. The number of aliphatic hydroxyl groups is 2. The third kappa shape index (κ3) is 3.93. The Morgan fingerprint density at radius 1 is 0.826 bits per heavy atom. The summed E-state index contributed by atoms with van der Waals surface area (Å²) in [5, 5.41) is 19.5. The van der Waals surface area contributed by atoms with Crippen LogP contribution in [0, 0.1) is 11.8 Å². The zero-order valence-corrected chi connectivity index (χ0v) is 13.8. The highest BCUT2D eigenvalue weighted by Crippen LogP contribution is 2.26. The molecule has 0 aromatic heterocycles. The fraction of sp³-hybridized carbons (Fsp3) is 0.368. The highest BCUT2D eigenvalue weighted by Gasteiger charge is 2.31. The van der Waals surface area contributed by atoms with Crippen molar-refractivity contribution in [3.05, 3.63) is 59.1 Å². The van der Waals surface area contributed by atoms with E-state index in [9.17, 15) is 10.2 Å². The second-order valence-corrected chi connectivity index (χ2v) is 6.72. The summed E-state index contributed by atoms with van der Waals surface area (Å²) in [6.07, 6.45) is 0. The maximum atomic E-state index is 9.39. The molecule has 1 aliphatic heterocycles. The summed E-state index contributed by atoms with van der Waals surface area (Å²) in [6.45, 7) is 2.85. The van der Waals surface area contributed by atoms with E-state index in [-0.39, 0.29) is 25.0 Å². The lowest BCUT2D eigenvalue weighted by molar-refractivity contribution is 0.152. The van der Waals surface area contributed by atoms with Crippen LogP contribution >= 0.6 is 11.6 Å². The Bertz CT molecular complexity index is 615. The van der Waals surface area contributed by atoms with Gasteiger partial charge in [-0.3, -0.25) is 4.90 Å². The molecule has 3 rings (SSSR count). The van der Waals surface area contributed by atoms with Crippen LogP contribution in [0.5, 0.6) is 0 Å². The lowest BCUT2D eigenvalue weighted by atomic mass is 9.98. The van der Waals surface area contributed by atoms with E-state index in [1.54, 1.807) is 0 Å². The van der Waals surface area contributed by atoms with Crippen molar-refractivity contribution < 1.29 is 10.2 Å². The molecule has 1 heterocycles. The number of hydrogen-bond donors (Lipinski definition) is 2. The van der Waals surface area contributed by atoms with Crippen molar-refractivity contribution in [2.24, 2.45) is 11.8 Å². The normalized spacial score (nSPS) is 21.7. The predicted molar refractivity (Wildman–Crippen MR) is 93.3 cm³/mol. The summed E-state index contributed by atoms with van der Waals surface area (Å²) in [5.41, 5.74) is 3.58. The molecule has 0 unspecified atom stereocenters.